The SMILES string of the molecule is CC(C)[C@@H](NC(=O)c1cccs1)C(=O)O[C@H](C)C(=O)Nc1cccc(Cl)c1. The summed E-state index contributed by atoms with van der Waals surface area (Å²) in [7, 11) is 0. The molecule has 0 aliphatic rings. The Morgan fingerprint density at radius 2 is 1.85 bits per heavy atom. The highest BCUT2D eigenvalue weighted by molar-refractivity contribution is 7.12. The second kappa shape index (κ2) is 9.53. The van der Waals surface area contributed by atoms with Crippen molar-refractivity contribution in [3.8, 4) is 0 Å². The number of nitrogens with one attached hydrogen (secondary N) is 2. The predicted octanol–water partition coefficient (Wildman–Crippen LogP) is 3.73. The number of hydrogen-bond acceptors (Lipinski definition) is 5. The molecular weight excluding hydrogens is 388 g/mol. The van der Waals surface area contributed by atoms with Crippen molar-refractivity contribution in [1.29, 1.82) is 0 Å². The summed E-state index contributed by atoms with van der Waals surface area (Å²) < 4.78 is 5.26. The molecule has 0 bridgehead atoms. The Bertz CT molecular complexity index is 808. The Morgan fingerprint density at radius 3 is 2.44 bits per heavy atom. The van der Waals surface area contributed by atoms with Crippen LogP contribution < -0.4 is 10.6 Å². The van der Waals surface area contributed by atoms with Crippen LogP contribution in [0.5, 0.6) is 0 Å². The molecule has 0 unspecified atom stereocenters. The van der Waals surface area contributed by atoms with Gasteiger partial charge in [-0.2, -0.15) is 0 Å². The van der Waals surface area contributed by atoms with E-state index in [0.29, 0.717) is 15.6 Å². The summed E-state index contributed by atoms with van der Waals surface area (Å²) in [6.07, 6.45) is -1.03. The minimum Gasteiger partial charge on any atom is -0.451 e. The number of halogens is 1. The Labute approximate surface area is 166 Å². The summed E-state index contributed by atoms with van der Waals surface area (Å²) in [6.45, 7) is 5.05. The van der Waals surface area contributed by atoms with Crippen molar-refractivity contribution in [2.75, 3.05) is 5.32 Å². The second-order valence-corrected chi connectivity index (χ2v) is 7.64. The van der Waals surface area contributed by atoms with Gasteiger partial charge in [0.05, 0.1) is 4.88 Å². The van der Waals surface area contributed by atoms with Gasteiger partial charge in [-0.25, -0.2) is 4.79 Å². The molecule has 27 heavy (non-hydrogen) atoms. The van der Waals surface area contributed by atoms with Crippen LogP contribution in [0.3, 0.4) is 0 Å². The molecule has 2 N–H and O–H groups in total. The van der Waals surface area contributed by atoms with Gasteiger partial charge < -0.3 is 15.4 Å². The average molecular weight is 409 g/mol. The lowest BCUT2D eigenvalue weighted by molar-refractivity contribution is -0.156. The first-order valence-electron chi connectivity index (χ1n) is 8.39. The van der Waals surface area contributed by atoms with Crippen molar-refractivity contribution in [3.05, 3.63) is 51.7 Å². The van der Waals surface area contributed by atoms with Crippen LogP contribution in [0, 0.1) is 5.92 Å². The smallest absolute Gasteiger partial charge is 0.329 e. The van der Waals surface area contributed by atoms with Crippen LogP contribution in [-0.4, -0.2) is 29.9 Å². The van der Waals surface area contributed by atoms with Gasteiger partial charge in [-0.1, -0.05) is 37.6 Å². The molecule has 0 saturated heterocycles. The average Bonchev–Trinajstić information content (AvgIpc) is 3.13. The standard InChI is InChI=1S/C19H21ClN2O4S/c1-11(2)16(22-18(24)15-8-5-9-27-15)19(25)26-12(3)17(23)21-14-7-4-6-13(20)10-14/h4-12,16H,1-3H3,(H,21,23)(H,22,24)/t12-,16-/m1/s1. The third kappa shape index (κ3) is 6.08. The van der Waals surface area contributed by atoms with Gasteiger partial charge in [-0.05, 0) is 42.5 Å². The quantitative estimate of drug-likeness (QED) is 0.683. The molecule has 1 aromatic heterocycles. The molecule has 0 radical (unpaired) electrons. The van der Waals surface area contributed by atoms with Crippen LogP contribution in [0.25, 0.3) is 0 Å². The van der Waals surface area contributed by atoms with E-state index in [1.165, 1.54) is 18.3 Å². The molecule has 2 atom stereocenters. The molecule has 2 aromatic rings. The molecule has 0 aliphatic carbocycles. The van der Waals surface area contributed by atoms with Crippen LogP contribution in [0.4, 0.5) is 5.69 Å². The number of thiophene rings is 1. The van der Waals surface area contributed by atoms with Gasteiger partial charge in [0, 0.05) is 10.7 Å². The first-order chi connectivity index (χ1) is 12.8. The van der Waals surface area contributed by atoms with Crippen molar-refractivity contribution < 1.29 is 19.1 Å². The molecule has 1 heterocycles. The summed E-state index contributed by atoms with van der Waals surface area (Å²) >= 11 is 7.16. The molecule has 0 aliphatic heterocycles. The lowest BCUT2D eigenvalue weighted by atomic mass is 10.0. The number of hydrogen-bond donors (Lipinski definition) is 2. The van der Waals surface area contributed by atoms with E-state index in [1.807, 2.05) is 0 Å². The lowest BCUT2D eigenvalue weighted by Gasteiger charge is -2.22. The van der Waals surface area contributed by atoms with Gasteiger partial charge in [-0.15, -0.1) is 11.3 Å². The van der Waals surface area contributed by atoms with Gasteiger partial charge in [-0.3, -0.25) is 9.59 Å². The van der Waals surface area contributed by atoms with E-state index < -0.39 is 24.0 Å². The van der Waals surface area contributed by atoms with Crippen LogP contribution in [0.2, 0.25) is 5.02 Å². The number of anilines is 1. The van der Waals surface area contributed by atoms with E-state index in [9.17, 15) is 14.4 Å². The minimum atomic E-state index is -1.03. The number of benzene rings is 1. The third-order valence-electron chi connectivity index (χ3n) is 3.71. The maximum atomic E-state index is 12.5. The van der Waals surface area contributed by atoms with E-state index in [2.05, 4.69) is 10.6 Å². The van der Waals surface area contributed by atoms with Gasteiger partial charge in [0.15, 0.2) is 6.10 Å². The Morgan fingerprint density at radius 1 is 1.11 bits per heavy atom. The zero-order chi connectivity index (χ0) is 20.0. The normalized spacial score (nSPS) is 12.9. The molecule has 0 saturated carbocycles. The largest absolute Gasteiger partial charge is 0.451 e. The number of carbonyl (C=O) groups excluding carboxylic acids is 3. The Balaban J connectivity index is 1.97. The third-order valence-corrected chi connectivity index (χ3v) is 4.81. The number of amides is 2. The van der Waals surface area contributed by atoms with E-state index >= 15 is 0 Å². The summed E-state index contributed by atoms with van der Waals surface area (Å²) in [4.78, 5) is 37.4. The first-order valence-corrected chi connectivity index (χ1v) is 9.65. The highest BCUT2D eigenvalue weighted by Crippen LogP contribution is 2.16. The zero-order valence-electron chi connectivity index (χ0n) is 15.2. The first kappa shape index (κ1) is 20.9. The van der Waals surface area contributed by atoms with Crippen LogP contribution in [0.15, 0.2) is 41.8 Å². The fourth-order valence-corrected chi connectivity index (χ4v) is 3.05. The zero-order valence-corrected chi connectivity index (χ0v) is 16.8. The predicted molar refractivity (Wildman–Crippen MR) is 106 cm³/mol. The lowest BCUT2D eigenvalue weighted by Crippen LogP contribution is -2.47. The summed E-state index contributed by atoms with van der Waals surface area (Å²) in [6, 6.07) is 9.21. The highest BCUT2D eigenvalue weighted by Gasteiger charge is 2.29. The van der Waals surface area contributed by atoms with Crippen molar-refractivity contribution in [2.45, 2.75) is 32.9 Å². The van der Waals surface area contributed by atoms with Crippen LogP contribution in [0.1, 0.15) is 30.4 Å². The van der Waals surface area contributed by atoms with Gasteiger partial charge in [0.2, 0.25) is 0 Å². The van der Waals surface area contributed by atoms with Gasteiger partial charge in [0.1, 0.15) is 6.04 Å². The Hall–Kier alpha value is -2.38. The molecule has 6 nitrogen and oxygen atoms in total. The van der Waals surface area contributed by atoms with E-state index in [1.54, 1.807) is 55.6 Å². The molecule has 144 valence electrons. The van der Waals surface area contributed by atoms with Crippen molar-refractivity contribution in [1.82, 2.24) is 5.32 Å². The number of carbonyl (C=O) groups is 3. The molecule has 8 heteroatoms. The topological polar surface area (TPSA) is 84.5 Å². The van der Waals surface area contributed by atoms with Crippen molar-refractivity contribution in [2.24, 2.45) is 5.92 Å². The molecular formula is C19H21ClN2O4S. The molecule has 0 fully saturated rings. The minimum absolute atomic E-state index is 0.204. The number of esters is 1. The van der Waals surface area contributed by atoms with Gasteiger partial charge >= 0.3 is 5.97 Å². The van der Waals surface area contributed by atoms with Crippen molar-refractivity contribution >= 4 is 46.4 Å². The fraction of sp³-hybridized carbons (Fsp3) is 0.316. The molecule has 2 amide bonds. The molecule has 2 rings (SSSR count). The van der Waals surface area contributed by atoms with E-state index in [0.717, 1.165) is 0 Å². The number of ether oxygens (including phenoxy) is 1. The molecule has 0 spiro atoms. The maximum absolute atomic E-state index is 12.5. The second-order valence-electron chi connectivity index (χ2n) is 6.25. The number of rotatable bonds is 7. The summed E-state index contributed by atoms with van der Waals surface area (Å²) in [5.41, 5.74) is 0.502. The van der Waals surface area contributed by atoms with Crippen LogP contribution in [-0.2, 0) is 14.3 Å². The van der Waals surface area contributed by atoms with Crippen LogP contribution >= 0.6 is 22.9 Å². The van der Waals surface area contributed by atoms with Crippen molar-refractivity contribution in [3.63, 3.8) is 0 Å². The van der Waals surface area contributed by atoms with E-state index in [-0.39, 0.29) is 11.8 Å². The Kier molecular flexibility index (Phi) is 7.38. The van der Waals surface area contributed by atoms with E-state index in [4.69, 9.17) is 16.3 Å². The highest BCUT2D eigenvalue weighted by atomic mass is 35.5. The fourth-order valence-electron chi connectivity index (χ4n) is 2.23. The maximum Gasteiger partial charge on any atom is 0.329 e. The summed E-state index contributed by atoms with van der Waals surface area (Å²) in [5.74, 6) is -1.71. The van der Waals surface area contributed by atoms with Gasteiger partial charge in [0.25, 0.3) is 11.8 Å². The monoisotopic (exact) mass is 408 g/mol. The summed E-state index contributed by atoms with van der Waals surface area (Å²) in [5, 5.41) is 7.56. The molecule has 1 aromatic carbocycles.